The monoisotopic (exact) mass is 306 g/mol. The largest absolute Gasteiger partial charge is 0.297 e. The van der Waals surface area contributed by atoms with Gasteiger partial charge in [-0.05, 0) is 34.7 Å². The van der Waals surface area contributed by atoms with Crippen molar-refractivity contribution in [1.82, 2.24) is 0 Å². The van der Waals surface area contributed by atoms with Gasteiger partial charge in [0.15, 0.2) is 0 Å². The molecule has 4 nitrogen and oxygen atoms in total. The van der Waals surface area contributed by atoms with E-state index in [-0.39, 0.29) is 10.6 Å². The molecule has 0 spiro atoms. The number of benzene rings is 1. The van der Waals surface area contributed by atoms with E-state index in [1.54, 1.807) is 22.6 Å². The number of hydrogen-bond donors (Lipinski definition) is 1. The molecule has 1 rings (SSSR count). The van der Waals surface area contributed by atoms with Crippen LogP contribution in [0.25, 0.3) is 0 Å². The Labute approximate surface area is 93.3 Å². The highest BCUT2D eigenvalue weighted by molar-refractivity contribution is 14.1. The molecule has 6 heteroatoms. The molecule has 0 saturated carbocycles. The highest BCUT2D eigenvalue weighted by atomic mass is 127. The van der Waals surface area contributed by atoms with Crippen LogP contribution in [0.5, 0.6) is 0 Å². The van der Waals surface area contributed by atoms with E-state index in [0.717, 1.165) is 0 Å². The molecule has 0 aliphatic heterocycles. The third kappa shape index (κ3) is 1.92. The molecule has 1 aromatic carbocycles. The molecule has 0 aromatic heterocycles. The van der Waals surface area contributed by atoms with Crippen LogP contribution in [-0.4, -0.2) is 4.92 Å². The summed E-state index contributed by atoms with van der Waals surface area (Å²) < 4.78 is 0.331. The molecule has 0 unspecified atom stereocenters. The van der Waals surface area contributed by atoms with Gasteiger partial charge in [0.2, 0.25) is 0 Å². The molecule has 66 valence electrons. The SMILES string of the molecule is N#Cc1ccc(S)c([N+](=O)[O-])c1I. The zero-order chi connectivity index (χ0) is 10.0. The number of rotatable bonds is 1. The average molecular weight is 306 g/mol. The number of halogens is 1. The minimum atomic E-state index is -0.537. The van der Waals surface area contributed by atoms with Gasteiger partial charge in [-0.25, -0.2) is 0 Å². The Kier molecular flexibility index (Phi) is 3.11. The molecule has 0 atom stereocenters. The first-order valence-electron chi connectivity index (χ1n) is 3.14. The first kappa shape index (κ1) is 10.3. The molecule has 13 heavy (non-hydrogen) atoms. The molecular formula is C7H3IN2O2S. The van der Waals surface area contributed by atoms with Crippen LogP contribution < -0.4 is 0 Å². The fraction of sp³-hybridized carbons (Fsp3) is 0. The lowest BCUT2D eigenvalue weighted by atomic mass is 10.2. The Hall–Kier alpha value is -0.810. The van der Waals surface area contributed by atoms with Gasteiger partial charge >= 0.3 is 0 Å². The standard InChI is InChI=1S/C7H3IN2O2S/c8-6-4(3-9)1-2-5(13)7(6)10(11)12/h1-2,13H. The zero-order valence-corrected chi connectivity index (χ0v) is 9.24. The van der Waals surface area contributed by atoms with E-state index in [1.807, 2.05) is 6.07 Å². The highest BCUT2D eigenvalue weighted by Gasteiger charge is 2.19. The summed E-state index contributed by atoms with van der Waals surface area (Å²) in [5.41, 5.74) is 0.188. The van der Waals surface area contributed by atoms with E-state index in [1.165, 1.54) is 12.1 Å². The van der Waals surface area contributed by atoms with Crippen LogP contribution in [0.3, 0.4) is 0 Å². The van der Waals surface area contributed by atoms with Gasteiger partial charge in [-0.2, -0.15) is 5.26 Å². The summed E-state index contributed by atoms with van der Waals surface area (Å²) >= 11 is 5.71. The second-order valence-electron chi connectivity index (χ2n) is 2.16. The van der Waals surface area contributed by atoms with Gasteiger partial charge < -0.3 is 0 Å². The average Bonchev–Trinajstić information content (AvgIpc) is 2.04. The zero-order valence-electron chi connectivity index (χ0n) is 6.19. The van der Waals surface area contributed by atoms with Gasteiger partial charge in [-0.1, -0.05) is 0 Å². The van der Waals surface area contributed by atoms with Crippen molar-refractivity contribution in [2.75, 3.05) is 0 Å². The van der Waals surface area contributed by atoms with E-state index in [0.29, 0.717) is 9.13 Å². The van der Waals surface area contributed by atoms with Crippen molar-refractivity contribution in [1.29, 1.82) is 5.26 Å². The first-order valence-corrected chi connectivity index (χ1v) is 4.66. The summed E-state index contributed by atoms with van der Waals surface area (Å²) in [6.45, 7) is 0. The molecule has 0 aliphatic rings. The fourth-order valence-corrected chi connectivity index (χ4v) is 2.08. The second-order valence-corrected chi connectivity index (χ2v) is 3.72. The van der Waals surface area contributed by atoms with Gasteiger partial charge in [-0.15, -0.1) is 12.6 Å². The lowest BCUT2D eigenvalue weighted by Crippen LogP contribution is -1.95. The molecule has 0 amide bonds. The normalized spacial score (nSPS) is 9.31. The Balaban J connectivity index is 3.50. The Morgan fingerprint density at radius 3 is 2.69 bits per heavy atom. The summed E-state index contributed by atoms with van der Waals surface area (Å²) in [5, 5.41) is 19.2. The van der Waals surface area contributed by atoms with Crippen LogP contribution in [0.2, 0.25) is 0 Å². The molecule has 0 fully saturated rings. The molecule has 1 aromatic rings. The van der Waals surface area contributed by atoms with Crippen molar-refractivity contribution >= 4 is 40.9 Å². The molecule has 0 saturated heterocycles. The van der Waals surface area contributed by atoms with Crippen LogP contribution in [0.15, 0.2) is 17.0 Å². The predicted molar refractivity (Wildman–Crippen MR) is 57.8 cm³/mol. The van der Waals surface area contributed by atoms with Crippen LogP contribution in [0.4, 0.5) is 5.69 Å². The smallest absolute Gasteiger partial charge is 0.258 e. The Bertz CT molecular complexity index is 414. The summed E-state index contributed by atoms with van der Waals surface area (Å²) in [6, 6.07) is 4.83. The van der Waals surface area contributed by atoms with E-state index in [9.17, 15) is 10.1 Å². The summed E-state index contributed by atoms with van der Waals surface area (Å²) in [4.78, 5) is 10.3. The summed E-state index contributed by atoms with van der Waals surface area (Å²) in [5.74, 6) is 0. The first-order chi connectivity index (χ1) is 6.07. The van der Waals surface area contributed by atoms with Crippen molar-refractivity contribution in [3.05, 3.63) is 31.4 Å². The van der Waals surface area contributed by atoms with Gasteiger partial charge in [0.05, 0.1) is 15.4 Å². The van der Waals surface area contributed by atoms with Crippen LogP contribution >= 0.6 is 35.2 Å². The number of nitro groups is 1. The second kappa shape index (κ2) is 3.93. The van der Waals surface area contributed by atoms with Crippen LogP contribution in [-0.2, 0) is 0 Å². The molecular weight excluding hydrogens is 303 g/mol. The van der Waals surface area contributed by atoms with Gasteiger partial charge in [-0.3, -0.25) is 10.1 Å². The maximum Gasteiger partial charge on any atom is 0.297 e. The van der Waals surface area contributed by atoms with Crippen molar-refractivity contribution in [3.63, 3.8) is 0 Å². The van der Waals surface area contributed by atoms with E-state index in [2.05, 4.69) is 12.6 Å². The molecule has 0 aliphatic carbocycles. The minimum Gasteiger partial charge on any atom is -0.258 e. The van der Waals surface area contributed by atoms with Gasteiger partial charge in [0.1, 0.15) is 9.64 Å². The maximum absolute atomic E-state index is 10.6. The summed E-state index contributed by atoms with van der Waals surface area (Å²) in [7, 11) is 0. The highest BCUT2D eigenvalue weighted by Crippen LogP contribution is 2.30. The van der Waals surface area contributed by atoms with Crippen molar-refractivity contribution in [3.8, 4) is 6.07 Å². The number of hydrogen-bond acceptors (Lipinski definition) is 4. The quantitative estimate of drug-likeness (QED) is 0.375. The van der Waals surface area contributed by atoms with Gasteiger partial charge in [0, 0.05) is 0 Å². The van der Waals surface area contributed by atoms with Crippen molar-refractivity contribution in [2.24, 2.45) is 0 Å². The predicted octanol–water partition coefficient (Wildman–Crippen LogP) is 2.36. The molecule has 0 heterocycles. The Morgan fingerprint density at radius 2 is 2.23 bits per heavy atom. The number of nitriles is 1. The maximum atomic E-state index is 10.6. The van der Waals surface area contributed by atoms with Crippen LogP contribution in [0.1, 0.15) is 5.56 Å². The molecule has 0 radical (unpaired) electrons. The van der Waals surface area contributed by atoms with E-state index < -0.39 is 4.92 Å². The third-order valence-electron chi connectivity index (χ3n) is 1.40. The third-order valence-corrected chi connectivity index (χ3v) is 2.85. The van der Waals surface area contributed by atoms with Gasteiger partial charge in [0.25, 0.3) is 5.69 Å². The number of nitrogens with zero attached hydrogens (tertiary/aromatic N) is 2. The lowest BCUT2D eigenvalue weighted by molar-refractivity contribution is -0.388. The summed E-state index contributed by atoms with van der Waals surface area (Å²) in [6.07, 6.45) is 0. The van der Waals surface area contributed by atoms with Crippen LogP contribution in [0, 0.1) is 25.0 Å². The van der Waals surface area contributed by atoms with E-state index in [4.69, 9.17) is 5.26 Å². The van der Waals surface area contributed by atoms with Crippen molar-refractivity contribution < 1.29 is 4.92 Å². The molecule has 0 N–H and O–H groups in total. The van der Waals surface area contributed by atoms with E-state index >= 15 is 0 Å². The topological polar surface area (TPSA) is 66.9 Å². The number of thiol groups is 1. The molecule has 0 bridgehead atoms. The Morgan fingerprint density at radius 1 is 1.62 bits per heavy atom. The minimum absolute atomic E-state index is 0.108. The fourth-order valence-electron chi connectivity index (χ4n) is 0.814. The lowest BCUT2D eigenvalue weighted by Gasteiger charge is -1.99. The van der Waals surface area contributed by atoms with Crippen molar-refractivity contribution in [2.45, 2.75) is 4.90 Å². The number of nitro benzene ring substituents is 1.